The lowest BCUT2D eigenvalue weighted by Crippen LogP contribution is -2.42. The Morgan fingerprint density at radius 1 is 0.958 bits per heavy atom. The highest BCUT2D eigenvalue weighted by atomic mass is 32.3. The standard InChI is InChI=1S/C38H37N3O5S2/c1-24(42)41(36-19-26-6-3-4-9-33(26)47-36)37-20-27-11-10-25(18-34(27)48(37,2)40-14-16-44-17-15-40)30-7-5-8-31-32(43)21-35(46-38(30)31)39-22-28-12-13-29(23-39)45-28/h3-11,18-21,28-29H,12-17,22-23H2,1-2H3. The molecule has 5 aromatic rings. The van der Waals surface area contributed by atoms with Gasteiger partial charge in [0.1, 0.15) is 10.6 Å². The van der Waals surface area contributed by atoms with Gasteiger partial charge >= 0.3 is 0 Å². The van der Waals surface area contributed by atoms with Crippen LogP contribution in [-0.2, 0) is 14.3 Å². The highest BCUT2D eigenvalue weighted by Crippen LogP contribution is 2.69. The van der Waals surface area contributed by atoms with Gasteiger partial charge in [-0.2, -0.15) is 0 Å². The average molecular weight is 680 g/mol. The fourth-order valence-electron chi connectivity index (χ4n) is 7.79. The first-order valence-electron chi connectivity index (χ1n) is 16.6. The normalized spacial score (nSPS) is 25.2. The average Bonchev–Trinajstić information content (AvgIpc) is 3.77. The summed E-state index contributed by atoms with van der Waals surface area (Å²) in [4.78, 5) is 32.4. The van der Waals surface area contributed by atoms with E-state index in [0.717, 1.165) is 75.8 Å². The SMILES string of the molecule is CC(=O)N(C1=Cc2ccc(-c3cccc4c(=O)cc(N5CC6CCC(C5)O6)oc34)cc2S1(C)N1CCOCC1)c1cc2ccccc2s1. The van der Waals surface area contributed by atoms with E-state index in [1.165, 1.54) is 4.90 Å². The summed E-state index contributed by atoms with van der Waals surface area (Å²) in [6.07, 6.45) is 6.98. The van der Waals surface area contributed by atoms with Gasteiger partial charge in [0, 0.05) is 54.3 Å². The third-order valence-electron chi connectivity index (χ3n) is 10.2. The highest BCUT2D eigenvalue weighted by Gasteiger charge is 2.43. The number of benzene rings is 3. The fraction of sp³-hybridized carbons (Fsp3) is 0.316. The number of amides is 1. The Balaban J connectivity index is 1.17. The van der Waals surface area contributed by atoms with Crippen molar-refractivity contribution in [3.05, 3.63) is 93.6 Å². The molecule has 0 saturated carbocycles. The third-order valence-corrected chi connectivity index (χ3v) is 15.0. The molecule has 4 aliphatic heterocycles. The van der Waals surface area contributed by atoms with Crippen molar-refractivity contribution in [2.45, 2.75) is 36.9 Å². The van der Waals surface area contributed by atoms with Crippen molar-refractivity contribution in [1.82, 2.24) is 4.31 Å². The second-order valence-electron chi connectivity index (χ2n) is 13.1. The molecule has 4 aliphatic rings. The number of carbonyl (C=O) groups is 1. The molecule has 10 heteroatoms. The number of hydrogen-bond acceptors (Lipinski definition) is 8. The predicted octanol–water partition coefficient (Wildman–Crippen LogP) is 7.45. The van der Waals surface area contributed by atoms with Gasteiger partial charge in [-0.3, -0.25) is 18.8 Å². The fourth-order valence-corrected chi connectivity index (χ4v) is 12.5. The molecule has 0 aliphatic carbocycles. The maximum atomic E-state index is 13.6. The Kier molecular flexibility index (Phi) is 7.29. The zero-order chi connectivity index (χ0) is 32.6. The largest absolute Gasteiger partial charge is 0.440 e. The lowest BCUT2D eigenvalue weighted by Gasteiger charge is -2.49. The van der Waals surface area contributed by atoms with Gasteiger partial charge in [0.15, 0.2) is 11.3 Å². The Bertz CT molecular complexity index is 2140. The minimum atomic E-state index is -1.85. The van der Waals surface area contributed by atoms with Crippen LogP contribution in [0.15, 0.2) is 91.9 Å². The molecule has 3 fully saturated rings. The molecule has 3 aromatic carbocycles. The number of rotatable bonds is 5. The zero-order valence-electron chi connectivity index (χ0n) is 27.0. The number of morpholine rings is 2. The summed E-state index contributed by atoms with van der Waals surface area (Å²) in [5.74, 6) is 0.599. The topological polar surface area (TPSA) is 75.5 Å². The number of thiophene rings is 1. The van der Waals surface area contributed by atoms with Crippen LogP contribution in [0.5, 0.6) is 0 Å². The van der Waals surface area contributed by atoms with Crippen LogP contribution in [0.4, 0.5) is 10.9 Å². The van der Waals surface area contributed by atoms with Gasteiger partial charge in [-0.15, -0.1) is 21.6 Å². The predicted molar refractivity (Wildman–Crippen MR) is 195 cm³/mol. The van der Waals surface area contributed by atoms with E-state index >= 15 is 0 Å². The molecule has 48 heavy (non-hydrogen) atoms. The van der Waals surface area contributed by atoms with Crippen molar-refractivity contribution in [3.63, 3.8) is 0 Å². The molecule has 6 heterocycles. The number of ether oxygens (including phenoxy) is 2. The molecule has 2 aromatic heterocycles. The van der Waals surface area contributed by atoms with Crippen LogP contribution < -0.4 is 15.2 Å². The maximum absolute atomic E-state index is 13.6. The maximum Gasteiger partial charge on any atom is 0.229 e. The molecule has 9 rings (SSSR count). The van der Waals surface area contributed by atoms with E-state index in [1.807, 2.05) is 35.2 Å². The van der Waals surface area contributed by atoms with Crippen LogP contribution in [0, 0.1) is 0 Å². The third kappa shape index (κ3) is 4.84. The molecule has 3 unspecified atom stereocenters. The Labute approximate surface area is 284 Å². The van der Waals surface area contributed by atoms with E-state index in [2.05, 4.69) is 57.9 Å². The number of carbonyl (C=O) groups excluding carboxylic acids is 1. The summed E-state index contributed by atoms with van der Waals surface area (Å²) in [7, 11) is -1.85. The van der Waals surface area contributed by atoms with E-state index in [-0.39, 0.29) is 23.5 Å². The number of fused-ring (bicyclic) bond motifs is 5. The van der Waals surface area contributed by atoms with E-state index < -0.39 is 10.2 Å². The molecule has 3 saturated heterocycles. The van der Waals surface area contributed by atoms with Gasteiger partial charge in [0.25, 0.3) is 0 Å². The van der Waals surface area contributed by atoms with Crippen LogP contribution in [0.3, 0.4) is 0 Å². The van der Waals surface area contributed by atoms with Crippen molar-refractivity contribution in [2.24, 2.45) is 0 Å². The molecule has 1 amide bonds. The van der Waals surface area contributed by atoms with Crippen molar-refractivity contribution in [3.8, 4) is 11.1 Å². The molecule has 0 radical (unpaired) electrons. The van der Waals surface area contributed by atoms with Crippen molar-refractivity contribution in [1.29, 1.82) is 0 Å². The number of para-hydroxylation sites is 1. The monoisotopic (exact) mass is 679 g/mol. The van der Waals surface area contributed by atoms with Crippen molar-refractivity contribution < 1.29 is 18.7 Å². The summed E-state index contributed by atoms with van der Waals surface area (Å²) in [5, 5.41) is 3.65. The van der Waals surface area contributed by atoms with Gasteiger partial charge in [0.2, 0.25) is 5.91 Å². The lowest BCUT2D eigenvalue weighted by atomic mass is 10.0. The summed E-state index contributed by atoms with van der Waals surface area (Å²) < 4.78 is 22.2. The van der Waals surface area contributed by atoms with Crippen LogP contribution in [0.25, 0.3) is 38.3 Å². The smallest absolute Gasteiger partial charge is 0.229 e. The minimum absolute atomic E-state index is 0.00673. The quantitative estimate of drug-likeness (QED) is 0.191. The van der Waals surface area contributed by atoms with E-state index in [0.29, 0.717) is 30.1 Å². The van der Waals surface area contributed by atoms with Gasteiger partial charge in [-0.05, 0) is 66.0 Å². The van der Waals surface area contributed by atoms with Gasteiger partial charge in [-0.1, -0.05) is 42.5 Å². The number of anilines is 2. The Hall–Kier alpha value is -3.93. The van der Waals surface area contributed by atoms with Gasteiger partial charge in [0.05, 0.1) is 35.8 Å². The summed E-state index contributed by atoms with van der Waals surface area (Å²) in [5.41, 5.74) is 3.54. The molecular formula is C38H37N3O5S2. The molecule has 0 spiro atoms. The van der Waals surface area contributed by atoms with Gasteiger partial charge in [-0.25, -0.2) is 0 Å². The Morgan fingerprint density at radius 2 is 1.75 bits per heavy atom. The summed E-state index contributed by atoms with van der Waals surface area (Å²) >= 11 is 1.65. The first-order valence-corrected chi connectivity index (χ1v) is 19.4. The molecule has 3 atom stereocenters. The van der Waals surface area contributed by atoms with Crippen LogP contribution in [0.1, 0.15) is 25.3 Å². The number of hydrogen-bond donors (Lipinski definition) is 0. The van der Waals surface area contributed by atoms with Crippen molar-refractivity contribution >= 4 is 65.5 Å². The van der Waals surface area contributed by atoms with Crippen LogP contribution in [0.2, 0.25) is 0 Å². The summed E-state index contributed by atoms with van der Waals surface area (Å²) in [6, 6.07) is 24.4. The zero-order valence-corrected chi connectivity index (χ0v) is 28.6. The molecule has 0 N–H and O–H groups in total. The Morgan fingerprint density at radius 3 is 2.52 bits per heavy atom. The van der Waals surface area contributed by atoms with Crippen LogP contribution in [-0.4, -0.2) is 68.1 Å². The minimum Gasteiger partial charge on any atom is -0.440 e. The van der Waals surface area contributed by atoms with E-state index in [4.69, 9.17) is 13.9 Å². The van der Waals surface area contributed by atoms with Crippen LogP contribution >= 0.6 is 21.6 Å². The van der Waals surface area contributed by atoms with Crippen molar-refractivity contribution in [2.75, 3.05) is 55.4 Å². The first kappa shape index (κ1) is 30.2. The molecular weight excluding hydrogens is 643 g/mol. The second kappa shape index (κ2) is 11.6. The molecule has 246 valence electrons. The summed E-state index contributed by atoms with van der Waals surface area (Å²) in [6.45, 7) is 5.97. The first-order chi connectivity index (χ1) is 23.4. The van der Waals surface area contributed by atoms with E-state index in [1.54, 1.807) is 24.3 Å². The second-order valence-corrected chi connectivity index (χ2v) is 17.3. The van der Waals surface area contributed by atoms with E-state index in [9.17, 15) is 9.59 Å². The number of nitrogens with zero attached hydrogens (tertiary/aromatic N) is 3. The molecule has 2 bridgehead atoms. The lowest BCUT2D eigenvalue weighted by molar-refractivity contribution is -0.116. The van der Waals surface area contributed by atoms with Gasteiger partial charge < -0.3 is 18.8 Å². The highest BCUT2D eigenvalue weighted by molar-refractivity contribution is 8.35. The molecule has 8 nitrogen and oxygen atoms in total.